The Labute approximate surface area is 75.0 Å². The summed E-state index contributed by atoms with van der Waals surface area (Å²) >= 11 is 0.458. The van der Waals surface area contributed by atoms with E-state index in [1.54, 1.807) is 8.94 Å². The standard InChI is InChI=1S/C8H18Te.H2O/c1-3-5-7-9-8-6-4-2;/h3-8H2,1-2H3;1H2. The molecule has 0 atom stereocenters. The second-order valence-corrected chi connectivity index (χ2v) is 5.82. The summed E-state index contributed by atoms with van der Waals surface area (Å²) in [6.45, 7) is 4.57. The van der Waals surface area contributed by atoms with Gasteiger partial charge in [0.25, 0.3) is 0 Å². The van der Waals surface area contributed by atoms with Crippen molar-refractivity contribution < 1.29 is 5.48 Å². The molecule has 0 aliphatic carbocycles. The molecule has 2 heteroatoms. The predicted molar refractivity (Wildman–Crippen MR) is 48.8 cm³/mol. The van der Waals surface area contributed by atoms with Crippen molar-refractivity contribution in [3.63, 3.8) is 0 Å². The van der Waals surface area contributed by atoms with Crippen LogP contribution in [0.3, 0.4) is 0 Å². The molecule has 0 aliphatic rings. The molecule has 64 valence electrons. The van der Waals surface area contributed by atoms with Gasteiger partial charge in [0.05, 0.1) is 0 Å². The zero-order valence-corrected chi connectivity index (χ0v) is 9.48. The number of hydrogen-bond acceptors (Lipinski definition) is 0. The third-order valence-corrected chi connectivity index (χ3v) is 4.58. The average Bonchev–Trinajstić information content (AvgIpc) is 1.89. The van der Waals surface area contributed by atoms with Crippen LogP contribution in [0, 0.1) is 0 Å². The van der Waals surface area contributed by atoms with Crippen LogP contribution in [0.25, 0.3) is 0 Å². The molecule has 0 spiro atoms. The summed E-state index contributed by atoms with van der Waals surface area (Å²) in [4.78, 5) is 0. The van der Waals surface area contributed by atoms with Crippen molar-refractivity contribution in [1.82, 2.24) is 0 Å². The van der Waals surface area contributed by atoms with Crippen molar-refractivity contribution in [2.24, 2.45) is 0 Å². The van der Waals surface area contributed by atoms with Crippen molar-refractivity contribution >= 4 is 20.9 Å². The van der Waals surface area contributed by atoms with Gasteiger partial charge in [0.1, 0.15) is 0 Å². The molecule has 0 saturated carbocycles. The maximum absolute atomic E-state index is 2.28. The van der Waals surface area contributed by atoms with Gasteiger partial charge in [-0.25, -0.2) is 0 Å². The Morgan fingerprint density at radius 1 is 0.900 bits per heavy atom. The van der Waals surface area contributed by atoms with Crippen LogP contribution in [0.5, 0.6) is 0 Å². The molecule has 0 fully saturated rings. The molecular weight excluding hydrogens is 240 g/mol. The molecular formula is C8H20OTe. The van der Waals surface area contributed by atoms with Gasteiger partial charge < -0.3 is 5.48 Å². The first-order valence-corrected chi connectivity index (χ1v) is 7.29. The minimum Gasteiger partial charge on any atom is -0.412 e. The molecule has 0 rings (SSSR count). The summed E-state index contributed by atoms with van der Waals surface area (Å²) in [7, 11) is 0. The van der Waals surface area contributed by atoms with Gasteiger partial charge in [-0.1, -0.05) is 0 Å². The topological polar surface area (TPSA) is 31.5 Å². The second kappa shape index (κ2) is 12.4. The zero-order chi connectivity index (χ0) is 6.95. The first-order valence-electron chi connectivity index (χ1n) is 3.99. The third kappa shape index (κ3) is 11.5. The summed E-state index contributed by atoms with van der Waals surface area (Å²) in [5.41, 5.74) is 0. The molecule has 0 saturated heterocycles. The molecule has 0 radical (unpaired) electrons. The number of unbranched alkanes of at least 4 members (excludes halogenated alkanes) is 2. The molecule has 0 unspecified atom stereocenters. The minimum atomic E-state index is 0. The van der Waals surface area contributed by atoms with Crippen LogP contribution in [0.15, 0.2) is 0 Å². The van der Waals surface area contributed by atoms with E-state index >= 15 is 0 Å². The molecule has 1 nitrogen and oxygen atoms in total. The van der Waals surface area contributed by atoms with E-state index in [2.05, 4.69) is 13.8 Å². The van der Waals surface area contributed by atoms with Crippen LogP contribution >= 0.6 is 0 Å². The van der Waals surface area contributed by atoms with Crippen molar-refractivity contribution in [2.75, 3.05) is 0 Å². The molecule has 0 bridgehead atoms. The fourth-order valence-electron chi connectivity index (χ4n) is 0.595. The van der Waals surface area contributed by atoms with Crippen molar-refractivity contribution in [3.05, 3.63) is 0 Å². The van der Waals surface area contributed by atoms with Gasteiger partial charge in [-0.2, -0.15) is 0 Å². The second-order valence-electron chi connectivity index (χ2n) is 2.32. The third-order valence-electron chi connectivity index (χ3n) is 1.28. The van der Waals surface area contributed by atoms with Crippen LogP contribution in [0.2, 0.25) is 8.94 Å². The summed E-state index contributed by atoms with van der Waals surface area (Å²) in [6, 6.07) is 0. The van der Waals surface area contributed by atoms with E-state index in [0.717, 1.165) is 0 Å². The van der Waals surface area contributed by atoms with Gasteiger partial charge in [-0.05, 0) is 0 Å². The van der Waals surface area contributed by atoms with Crippen molar-refractivity contribution in [2.45, 2.75) is 48.5 Å². The quantitative estimate of drug-likeness (QED) is 0.518. The number of rotatable bonds is 6. The van der Waals surface area contributed by atoms with Crippen LogP contribution in [-0.2, 0) is 0 Å². The van der Waals surface area contributed by atoms with E-state index in [9.17, 15) is 0 Å². The van der Waals surface area contributed by atoms with Crippen LogP contribution < -0.4 is 0 Å². The van der Waals surface area contributed by atoms with Crippen LogP contribution in [0.1, 0.15) is 39.5 Å². The largest absolute Gasteiger partial charge is 0.412 e. The molecule has 0 aromatic carbocycles. The molecule has 10 heavy (non-hydrogen) atoms. The van der Waals surface area contributed by atoms with Gasteiger partial charge in [0.15, 0.2) is 0 Å². The smallest absolute Gasteiger partial charge is 0.412 e. The van der Waals surface area contributed by atoms with E-state index in [1.165, 1.54) is 25.7 Å². The summed E-state index contributed by atoms with van der Waals surface area (Å²) in [5, 5.41) is 0. The van der Waals surface area contributed by atoms with Crippen molar-refractivity contribution in [1.29, 1.82) is 0 Å². The first kappa shape index (κ1) is 13.3. The summed E-state index contributed by atoms with van der Waals surface area (Å²) < 4.78 is 3.17. The molecule has 0 aromatic heterocycles. The van der Waals surface area contributed by atoms with Gasteiger partial charge >= 0.3 is 69.4 Å². The fourth-order valence-corrected chi connectivity index (χ4v) is 3.99. The van der Waals surface area contributed by atoms with Gasteiger partial charge in [0, 0.05) is 0 Å². The SMILES string of the molecule is CCCC[Te]CCCC.O. The maximum atomic E-state index is 2.28. The minimum absolute atomic E-state index is 0. The normalized spacial score (nSPS) is 9.00. The van der Waals surface area contributed by atoms with E-state index in [0.29, 0.717) is 20.9 Å². The van der Waals surface area contributed by atoms with Gasteiger partial charge in [0.2, 0.25) is 0 Å². The Hall–Kier alpha value is 0.750. The summed E-state index contributed by atoms with van der Waals surface area (Å²) in [6.07, 6.45) is 5.78. The van der Waals surface area contributed by atoms with Gasteiger partial charge in [-0.3, -0.25) is 0 Å². The number of hydrogen-bond donors (Lipinski definition) is 0. The van der Waals surface area contributed by atoms with Crippen molar-refractivity contribution in [3.8, 4) is 0 Å². The monoisotopic (exact) mass is 262 g/mol. The van der Waals surface area contributed by atoms with Crippen LogP contribution in [-0.4, -0.2) is 26.4 Å². The van der Waals surface area contributed by atoms with Gasteiger partial charge in [-0.15, -0.1) is 0 Å². The molecule has 0 aromatic rings. The Morgan fingerprint density at radius 2 is 1.30 bits per heavy atom. The Morgan fingerprint density at radius 3 is 1.60 bits per heavy atom. The fraction of sp³-hybridized carbons (Fsp3) is 1.00. The summed E-state index contributed by atoms with van der Waals surface area (Å²) in [5.74, 6) is 0. The van der Waals surface area contributed by atoms with E-state index in [-0.39, 0.29) is 5.48 Å². The Kier molecular flexibility index (Phi) is 16.6. The van der Waals surface area contributed by atoms with E-state index in [4.69, 9.17) is 0 Å². The van der Waals surface area contributed by atoms with E-state index < -0.39 is 0 Å². The molecule has 0 aliphatic heterocycles. The Balaban J connectivity index is 0. The average molecular weight is 260 g/mol. The van der Waals surface area contributed by atoms with E-state index in [1.807, 2.05) is 0 Å². The Bertz CT molecular complexity index is 42.5. The molecule has 0 heterocycles. The first-order chi connectivity index (χ1) is 4.41. The molecule has 2 N–H and O–H groups in total. The zero-order valence-electron chi connectivity index (χ0n) is 7.15. The van der Waals surface area contributed by atoms with Crippen LogP contribution in [0.4, 0.5) is 0 Å². The molecule has 0 amide bonds. The predicted octanol–water partition coefficient (Wildman–Crippen LogP) is 2.30. The maximum Gasteiger partial charge on any atom is -0.412 e.